The second kappa shape index (κ2) is 9.85. The Balaban J connectivity index is 0.00000261. The SMILES string of the molecule is CCCCCn1nc(C(=O)NC2CCC(N)CC2)c2ccccc2c1=O.Cl. The fourth-order valence-electron chi connectivity index (χ4n) is 3.58. The molecule has 0 unspecified atom stereocenters. The predicted molar refractivity (Wildman–Crippen MR) is 110 cm³/mol. The van der Waals surface area contributed by atoms with Crippen LogP contribution in [-0.4, -0.2) is 27.8 Å². The van der Waals surface area contributed by atoms with Gasteiger partial charge in [-0.15, -0.1) is 12.4 Å². The summed E-state index contributed by atoms with van der Waals surface area (Å²) in [6.07, 6.45) is 6.61. The molecule has 7 heteroatoms. The summed E-state index contributed by atoms with van der Waals surface area (Å²) >= 11 is 0. The molecule has 3 N–H and O–H groups in total. The number of aryl methyl sites for hydroxylation is 1. The molecule has 0 saturated heterocycles. The zero-order valence-corrected chi connectivity index (χ0v) is 16.6. The highest BCUT2D eigenvalue weighted by Gasteiger charge is 2.23. The molecule has 6 nitrogen and oxygen atoms in total. The molecule has 0 atom stereocenters. The van der Waals surface area contributed by atoms with Crippen LogP contribution >= 0.6 is 12.4 Å². The summed E-state index contributed by atoms with van der Waals surface area (Å²) in [5, 5.41) is 8.68. The Labute approximate surface area is 165 Å². The first-order valence-electron chi connectivity index (χ1n) is 9.66. The predicted octanol–water partition coefficient (Wildman–Crippen LogP) is 3.01. The molecule has 3 rings (SSSR count). The fraction of sp³-hybridized carbons (Fsp3) is 0.550. The lowest BCUT2D eigenvalue weighted by Crippen LogP contribution is -2.41. The van der Waals surface area contributed by atoms with Crippen LogP contribution in [0, 0.1) is 0 Å². The second-order valence-electron chi connectivity index (χ2n) is 7.21. The Morgan fingerprint density at radius 2 is 1.85 bits per heavy atom. The van der Waals surface area contributed by atoms with E-state index in [2.05, 4.69) is 17.3 Å². The molecule has 0 radical (unpaired) electrons. The smallest absolute Gasteiger partial charge is 0.274 e. The first-order chi connectivity index (χ1) is 12.6. The number of amides is 1. The molecular formula is C20H29ClN4O2. The molecule has 2 aromatic rings. The highest BCUT2D eigenvalue weighted by atomic mass is 35.5. The van der Waals surface area contributed by atoms with Crippen LogP contribution in [-0.2, 0) is 6.54 Å². The molecule has 0 bridgehead atoms. The summed E-state index contributed by atoms with van der Waals surface area (Å²) in [6.45, 7) is 2.65. The van der Waals surface area contributed by atoms with E-state index < -0.39 is 0 Å². The lowest BCUT2D eigenvalue weighted by molar-refractivity contribution is 0.0920. The average molecular weight is 393 g/mol. The molecule has 27 heavy (non-hydrogen) atoms. The Kier molecular flexibility index (Phi) is 7.80. The number of carbonyl (C=O) groups excluding carboxylic acids is 1. The van der Waals surface area contributed by atoms with Crippen molar-refractivity contribution in [3.05, 3.63) is 40.3 Å². The van der Waals surface area contributed by atoms with E-state index in [1.807, 2.05) is 12.1 Å². The highest BCUT2D eigenvalue weighted by Crippen LogP contribution is 2.19. The number of hydrogen-bond donors (Lipinski definition) is 2. The third-order valence-corrected chi connectivity index (χ3v) is 5.16. The van der Waals surface area contributed by atoms with Crippen LogP contribution in [0.4, 0.5) is 0 Å². The Morgan fingerprint density at radius 1 is 1.19 bits per heavy atom. The molecule has 1 aromatic carbocycles. The number of nitrogens with one attached hydrogen (secondary N) is 1. The molecule has 1 amide bonds. The number of nitrogens with zero attached hydrogens (tertiary/aromatic N) is 2. The van der Waals surface area contributed by atoms with Crippen LogP contribution in [0.1, 0.15) is 62.4 Å². The van der Waals surface area contributed by atoms with E-state index in [1.165, 1.54) is 4.68 Å². The minimum Gasteiger partial charge on any atom is -0.348 e. The van der Waals surface area contributed by atoms with Crippen molar-refractivity contribution in [3.63, 3.8) is 0 Å². The molecule has 0 spiro atoms. The van der Waals surface area contributed by atoms with Crippen LogP contribution in [0.5, 0.6) is 0 Å². The van der Waals surface area contributed by atoms with Crippen molar-refractivity contribution >= 4 is 29.1 Å². The van der Waals surface area contributed by atoms with E-state index in [1.54, 1.807) is 12.1 Å². The van der Waals surface area contributed by atoms with Gasteiger partial charge in [0.15, 0.2) is 5.69 Å². The highest BCUT2D eigenvalue weighted by molar-refractivity contribution is 6.04. The normalized spacial score (nSPS) is 19.5. The van der Waals surface area contributed by atoms with E-state index in [4.69, 9.17) is 5.73 Å². The van der Waals surface area contributed by atoms with Crippen molar-refractivity contribution in [3.8, 4) is 0 Å². The topological polar surface area (TPSA) is 90.0 Å². The van der Waals surface area contributed by atoms with Gasteiger partial charge in [0.1, 0.15) is 0 Å². The molecule has 0 aliphatic heterocycles. The van der Waals surface area contributed by atoms with Crippen LogP contribution in [0.15, 0.2) is 29.1 Å². The summed E-state index contributed by atoms with van der Waals surface area (Å²) in [6, 6.07) is 7.59. The van der Waals surface area contributed by atoms with E-state index in [-0.39, 0.29) is 36.0 Å². The molecule has 1 aliphatic rings. The Bertz CT molecular complexity index is 828. The largest absolute Gasteiger partial charge is 0.348 e. The molecular weight excluding hydrogens is 364 g/mol. The minimum atomic E-state index is -0.203. The zero-order valence-electron chi connectivity index (χ0n) is 15.8. The van der Waals surface area contributed by atoms with Gasteiger partial charge in [0.25, 0.3) is 11.5 Å². The van der Waals surface area contributed by atoms with Gasteiger partial charge in [-0.3, -0.25) is 9.59 Å². The third-order valence-electron chi connectivity index (χ3n) is 5.16. The van der Waals surface area contributed by atoms with Crippen LogP contribution in [0.2, 0.25) is 0 Å². The molecule has 1 aliphatic carbocycles. The quantitative estimate of drug-likeness (QED) is 0.739. The number of benzene rings is 1. The van der Waals surface area contributed by atoms with Gasteiger partial charge >= 0.3 is 0 Å². The van der Waals surface area contributed by atoms with Gasteiger partial charge in [0, 0.05) is 24.0 Å². The number of halogens is 1. The molecule has 148 valence electrons. The van der Waals surface area contributed by atoms with Crippen molar-refractivity contribution in [1.29, 1.82) is 0 Å². The van der Waals surface area contributed by atoms with Crippen LogP contribution in [0.25, 0.3) is 10.8 Å². The first-order valence-corrected chi connectivity index (χ1v) is 9.66. The summed E-state index contributed by atoms with van der Waals surface area (Å²) in [5.41, 5.74) is 6.16. The maximum Gasteiger partial charge on any atom is 0.274 e. The monoisotopic (exact) mass is 392 g/mol. The van der Waals surface area contributed by atoms with Crippen molar-refractivity contribution in [2.24, 2.45) is 5.73 Å². The zero-order chi connectivity index (χ0) is 18.5. The van der Waals surface area contributed by atoms with Crippen LogP contribution < -0.4 is 16.6 Å². The third kappa shape index (κ3) is 5.08. The number of fused-ring (bicyclic) bond motifs is 1. The van der Waals surface area contributed by atoms with E-state index in [0.717, 1.165) is 44.9 Å². The number of unbranched alkanes of at least 4 members (excludes halogenated alkanes) is 2. The second-order valence-corrected chi connectivity index (χ2v) is 7.21. The number of hydrogen-bond acceptors (Lipinski definition) is 4. The first kappa shape index (κ1) is 21.4. The summed E-state index contributed by atoms with van der Waals surface area (Å²) in [5.74, 6) is -0.203. The maximum atomic E-state index is 12.9. The van der Waals surface area contributed by atoms with Crippen molar-refractivity contribution < 1.29 is 4.79 Å². The maximum absolute atomic E-state index is 12.9. The molecule has 1 aromatic heterocycles. The summed E-state index contributed by atoms with van der Waals surface area (Å²) in [4.78, 5) is 25.6. The molecule has 1 saturated carbocycles. The van der Waals surface area contributed by atoms with Crippen molar-refractivity contribution in [2.75, 3.05) is 0 Å². The lowest BCUT2D eigenvalue weighted by atomic mass is 9.92. The Hall–Kier alpha value is -1.92. The van der Waals surface area contributed by atoms with Gasteiger partial charge in [0.05, 0.1) is 5.39 Å². The van der Waals surface area contributed by atoms with Gasteiger partial charge in [-0.05, 0) is 38.2 Å². The Morgan fingerprint density at radius 3 is 2.52 bits per heavy atom. The fourth-order valence-corrected chi connectivity index (χ4v) is 3.58. The van der Waals surface area contributed by atoms with Crippen molar-refractivity contribution in [1.82, 2.24) is 15.1 Å². The van der Waals surface area contributed by atoms with Gasteiger partial charge in [-0.25, -0.2) is 4.68 Å². The minimum absolute atomic E-state index is 0. The van der Waals surface area contributed by atoms with E-state index in [9.17, 15) is 9.59 Å². The summed E-state index contributed by atoms with van der Waals surface area (Å²) in [7, 11) is 0. The molecule has 1 fully saturated rings. The van der Waals surface area contributed by atoms with Crippen molar-refractivity contribution in [2.45, 2.75) is 70.5 Å². The molecule has 1 heterocycles. The van der Waals surface area contributed by atoms with E-state index in [0.29, 0.717) is 23.0 Å². The lowest BCUT2D eigenvalue weighted by Gasteiger charge is -2.26. The van der Waals surface area contributed by atoms with E-state index >= 15 is 0 Å². The number of nitrogens with two attached hydrogens (primary N) is 1. The number of carbonyl (C=O) groups is 1. The number of aromatic nitrogens is 2. The van der Waals surface area contributed by atoms with Crippen LogP contribution in [0.3, 0.4) is 0 Å². The van der Waals surface area contributed by atoms with Gasteiger partial charge < -0.3 is 11.1 Å². The van der Waals surface area contributed by atoms with Gasteiger partial charge in [0.2, 0.25) is 0 Å². The average Bonchev–Trinajstić information content (AvgIpc) is 2.65. The number of rotatable bonds is 6. The summed E-state index contributed by atoms with van der Waals surface area (Å²) < 4.78 is 1.45. The standard InChI is InChI=1S/C20H28N4O2.ClH/c1-2-3-6-13-24-20(26)17-8-5-4-7-16(17)18(23-24)19(25)22-15-11-9-14(21)10-12-15;/h4-5,7-8,14-15H,2-3,6,9-13,21H2,1H3,(H,22,25);1H. The van der Waals surface area contributed by atoms with Gasteiger partial charge in [-0.1, -0.05) is 38.0 Å². The van der Waals surface area contributed by atoms with Gasteiger partial charge in [-0.2, -0.15) is 5.10 Å².